The molecule has 1 fully saturated rings. The van der Waals surface area contributed by atoms with E-state index in [1.54, 1.807) is 0 Å². The van der Waals surface area contributed by atoms with Gasteiger partial charge in [0, 0.05) is 25.7 Å². The number of rotatable bonds is 3. The fraction of sp³-hybridized carbons (Fsp3) is 0.562. The van der Waals surface area contributed by atoms with E-state index in [0.717, 1.165) is 26.2 Å². The fourth-order valence-corrected chi connectivity index (χ4v) is 2.67. The van der Waals surface area contributed by atoms with Crippen LogP contribution in [0.2, 0.25) is 0 Å². The molecule has 1 saturated heterocycles. The molecule has 3 heteroatoms. The summed E-state index contributed by atoms with van der Waals surface area (Å²) in [6, 6.07) is 11.4. The lowest BCUT2D eigenvalue weighted by atomic mass is 10.1. The summed E-state index contributed by atoms with van der Waals surface area (Å²) in [6.07, 6.45) is 0.603. The number of benzene rings is 1. The van der Waals surface area contributed by atoms with Crippen molar-refractivity contribution in [3.63, 3.8) is 0 Å². The lowest BCUT2D eigenvalue weighted by molar-refractivity contribution is 0.185. The highest BCUT2D eigenvalue weighted by atomic mass is 15.2. The number of aryl methyl sites for hydroxylation is 1. The highest BCUT2D eigenvalue weighted by Crippen LogP contribution is 2.16. The minimum atomic E-state index is 0.330. The average molecular weight is 257 g/mol. The van der Waals surface area contributed by atoms with Crippen LogP contribution in [0.4, 0.5) is 0 Å². The Hall–Kier alpha value is -1.37. The maximum atomic E-state index is 8.99. The van der Waals surface area contributed by atoms with Crippen molar-refractivity contribution >= 4 is 0 Å². The first-order valence-electron chi connectivity index (χ1n) is 7.06. The molecular weight excluding hydrogens is 234 g/mol. The molecule has 1 aromatic carbocycles. The van der Waals surface area contributed by atoms with Crippen molar-refractivity contribution in [2.24, 2.45) is 5.92 Å². The summed E-state index contributed by atoms with van der Waals surface area (Å²) in [7, 11) is 0. The summed E-state index contributed by atoms with van der Waals surface area (Å²) >= 11 is 0. The van der Waals surface area contributed by atoms with Crippen molar-refractivity contribution in [2.45, 2.75) is 32.9 Å². The van der Waals surface area contributed by atoms with E-state index in [4.69, 9.17) is 5.26 Å². The Morgan fingerprint density at radius 1 is 1.32 bits per heavy atom. The predicted octanol–water partition coefficient (Wildman–Crippen LogP) is 2.32. The molecule has 2 atom stereocenters. The van der Waals surface area contributed by atoms with E-state index in [-0.39, 0.29) is 0 Å². The van der Waals surface area contributed by atoms with Gasteiger partial charge in [-0.05, 0) is 24.9 Å². The molecule has 0 aliphatic carbocycles. The van der Waals surface area contributed by atoms with E-state index in [2.05, 4.69) is 54.4 Å². The molecule has 0 bridgehead atoms. The minimum absolute atomic E-state index is 0.330. The minimum Gasteiger partial charge on any atom is -0.315 e. The Morgan fingerprint density at radius 3 is 2.74 bits per heavy atom. The van der Waals surface area contributed by atoms with E-state index in [9.17, 15) is 0 Å². The maximum Gasteiger partial charge on any atom is 0.0638 e. The van der Waals surface area contributed by atoms with Crippen LogP contribution >= 0.6 is 0 Å². The van der Waals surface area contributed by atoms with Crippen LogP contribution in [-0.4, -0.2) is 30.6 Å². The molecule has 1 N–H and O–H groups in total. The zero-order valence-corrected chi connectivity index (χ0v) is 11.9. The van der Waals surface area contributed by atoms with Crippen LogP contribution in [0, 0.1) is 24.2 Å². The first-order chi connectivity index (χ1) is 9.19. The second kappa shape index (κ2) is 6.70. The molecule has 1 heterocycles. The number of nitrogens with one attached hydrogen (secondary N) is 1. The Bertz CT molecular complexity index is 432. The van der Waals surface area contributed by atoms with E-state index in [0.29, 0.717) is 18.4 Å². The van der Waals surface area contributed by atoms with Crippen molar-refractivity contribution < 1.29 is 0 Å². The number of nitrogens with zero attached hydrogens (tertiary/aromatic N) is 2. The van der Waals surface area contributed by atoms with Gasteiger partial charge < -0.3 is 5.32 Å². The van der Waals surface area contributed by atoms with Crippen LogP contribution in [0.3, 0.4) is 0 Å². The molecule has 0 aromatic heterocycles. The molecule has 1 aromatic rings. The molecule has 0 amide bonds. The second-order valence-electron chi connectivity index (χ2n) is 5.69. The van der Waals surface area contributed by atoms with Crippen LogP contribution in [0.5, 0.6) is 0 Å². The highest BCUT2D eigenvalue weighted by molar-refractivity contribution is 5.21. The lowest BCUT2D eigenvalue weighted by Gasteiger charge is -2.29. The molecule has 0 radical (unpaired) electrons. The van der Waals surface area contributed by atoms with Crippen LogP contribution in [0.25, 0.3) is 0 Å². The second-order valence-corrected chi connectivity index (χ2v) is 5.69. The number of hydrogen-bond acceptors (Lipinski definition) is 3. The van der Waals surface area contributed by atoms with Gasteiger partial charge >= 0.3 is 0 Å². The van der Waals surface area contributed by atoms with Gasteiger partial charge in [-0.25, -0.2) is 0 Å². The average Bonchev–Trinajstić information content (AvgIpc) is 2.55. The van der Waals surface area contributed by atoms with E-state index in [1.807, 2.05) is 0 Å². The third kappa shape index (κ3) is 4.05. The van der Waals surface area contributed by atoms with Crippen LogP contribution in [0.15, 0.2) is 24.3 Å². The molecule has 2 rings (SSSR count). The quantitative estimate of drug-likeness (QED) is 0.903. The molecule has 1 aliphatic heterocycles. The topological polar surface area (TPSA) is 39.1 Å². The monoisotopic (exact) mass is 257 g/mol. The van der Waals surface area contributed by atoms with Gasteiger partial charge in [0.1, 0.15) is 0 Å². The third-order valence-electron chi connectivity index (χ3n) is 3.77. The molecule has 0 saturated carbocycles. The van der Waals surface area contributed by atoms with Crippen molar-refractivity contribution in [1.82, 2.24) is 10.2 Å². The zero-order chi connectivity index (χ0) is 13.7. The number of hydrogen-bond donors (Lipinski definition) is 1. The Morgan fingerprint density at radius 2 is 2.05 bits per heavy atom. The fourth-order valence-electron chi connectivity index (χ4n) is 2.67. The van der Waals surface area contributed by atoms with Gasteiger partial charge in [-0.15, -0.1) is 0 Å². The predicted molar refractivity (Wildman–Crippen MR) is 77.6 cm³/mol. The van der Waals surface area contributed by atoms with Gasteiger partial charge in [0.2, 0.25) is 0 Å². The third-order valence-corrected chi connectivity index (χ3v) is 3.77. The largest absolute Gasteiger partial charge is 0.315 e. The van der Waals surface area contributed by atoms with Crippen molar-refractivity contribution in [3.05, 3.63) is 35.4 Å². The first kappa shape index (κ1) is 14.0. The van der Waals surface area contributed by atoms with Gasteiger partial charge in [-0.1, -0.05) is 36.8 Å². The molecule has 102 valence electrons. The maximum absolute atomic E-state index is 8.99. The van der Waals surface area contributed by atoms with Gasteiger partial charge in [0.15, 0.2) is 0 Å². The van der Waals surface area contributed by atoms with Crippen molar-refractivity contribution in [3.8, 4) is 6.07 Å². The first-order valence-corrected chi connectivity index (χ1v) is 7.06. The smallest absolute Gasteiger partial charge is 0.0638 e. The SMILES string of the molecule is Cc1ccc(CN2CC(C)CNCC2CC#N)cc1. The van der Waals surface area contributed by atoms with Gasteiger partial charge in [-0.3, -0.25) is 4.90 Å². The Kier molecular flexibility index (Phi) is 4.95. The van der Waals surface area contributed by atoms with E-state index < -0.39 is 0 Å². The summed E-state index contributed by atoms with van der Waals surface area (Å²) in [5.41, 5.74) is 2.63. The number of nitriles is 1. The molecule has 19 heavy (non-hydrogen) atoms. The highest BCUT2D eigenvalue weighted by Gasteiger charge is 2.23. The summed E-state index contributed by atoms with van der Waals surface area (Å²) in [5, 5.41) is 12.5. The summed E-state index contributed by atoms with van der Waals surface area (Å²) in [6.45, 7) is 8.35. The van der Waals surface area contributed by atoms with Gasteiger partial charge in [0.25, 0.3) is 0 Å². The summed E-state index contributed by atoms with van der Waals surface area (Å²) < 4.78 is 0. The van der Waals surface area contributed by atoms with Gasteiger partial charge in [0.05, 0.1) is 12.5 Å². The zero-order valence-electron chi connectivity index (χ0n) is 11.9. The Balaban J connectivity index is 2.08. The summed E-state index contributed by atoms with van der Waals surface area (Å²) in [4.78, 5) is 2.46. The van der Waals surface area contributed by atoms with E-state index in [1.165, 1.54) is 11.1 Å². The van der Waals surface area contributed by atoms with Gasteiger partial charge in [-0.2, -0.15) is 5.26 Å². The van der Waals surface area contributed by atoms with E-state index >= 15 is 0 Å². The normalized spacial score (nSPS) is 24.7. The molecule has 2 unspecified atom stereocenters. The molecular formula is C16H23N3. The molecule has 0 spiro atoms. The summed E-state index contributed by atoms with van der Waals surface area (Å²) in [5.74, 6) is 0.633. The Labute approximate surface area is 116 Å². The molecule has 1 aliphatic rings. The lowest BCUT2D eigenvalue weighted by Crippen LogP contribution is -2.39. The standard InChI is InChI=1S/C16H23N3/c1-13-3-5-15(6-4-13)12-19-11-14(2)9-18-10-16(19)7-8-17/h3-6,14,16,18H,7,9-12H2,1-2H3. The van der Waals surface area contributed by atoms with Crippen LogP contribution in [-0.2, 0) is 6.54 Å². The van der Waals surface area contributed by atoms with Crippen molar-refractivity contribution in [2.75, 3.05) is 19.6 Å². The molecule has 3 nitrogen and oxygen atoms in total. The van der Waals surface area contributed by atoms with Crippen LogP contribution in [0.1, 0.15) is 24.5 Å². The van der Waals surface area contributed by atoms with Crippen LogP contribution < -0.4 is 5.32 Å². The van der Waals surface area contributed by atoms with Crippen molar-refractivity contribution in [1.29, 1.82) is 5.26 Å².